The molecule has 2 N–H and O–H groups in total. The van der Waals surface area contributed by atoms with Crippen molar-refractivity contribution < 1.29 is 0 Å². The molecule has 1 rings (SSSR count). The van der Waals surface area contributed by atoms with Crippen molar-refractivity contribution in [3.05, 3.63) is 0 Å². The van der Waals surface area contributed by atoms with Gasteiger partial charge in [0, 0.05) is 26.2 Å². The Hall–Kier alpha value is 0.210. The van der Waals surface area contributed by atoms with Crippen LogP contribution in [0.1, 0.15) is 46.0 Å². The highest BCUT2D eigenvalue weighted by atomic mass is 35.5. The Balaban J connectivity index is 0. The van der Waals surface area contributed by atoms with Crippen molar-refractivity contribution in [2.24, 2.45) is 0 Å². The van der Waals surface area contributed by atoms with Gasteiger partial charge < -0.3 is 10.6 Å². The first-order valence-corrected chi connectivity index (χ1v) is 5.83. The maximum atomic E-state index is 3.22. The van der Waals surface area contributed by atoms with E-state index in [0.29, 0.717) is 0 Å². The van der Waals surface area contributed by atoms with Crippen molar-refractivity contribution in [1.82, 2.24) is 10.6 Å². The summed E-state index contributed by atoms with van der Waals surface area (Å²) in [5.41, 5.74) is 0. The second-order valence-corrected chi connectivity index (χ2v) is 3.56. The topological polar surface area (TPSA) is 24.1 Å². The quantitative estimate of drug-likeness (QED) is 0.715. The first-order valence-electron chi connectivity index (χ1n) is 5.83. The molecular weight excluding hydrogens is 196 g/mol. The number of piperazine rings is 1. The van der Waals surface area contributed by atoms with Gasteiger partial charge in [0.1, 0.15) is 0 Å². The summed E-state index contributed by atoms with van der Waals surface area (Å²) in [6.45, 7) is 9.05. The number of hydrogen-bond acceptors (Lipinski definition) is 2. The fourth-order valence-corrected chi connectivity index (χ4v) is 1.28. The van der Waals surface area contributed by atoms with Crippen LogP contribution in [-0.2, 0) is 0 Å². The minimum absolute atomic E-state index is 0. The highest BCUT2D eigenvalue weighted by molar-refractivity contribution is 5.85. The molecular formula is C11H27ClN2. The molecule has 1 fully saturated rings. The zero-order valence-corrected chi connectivity index (χ0v) is 10.6. The van der Waals surface area contributed by atoms with E-state index in [-0.39, 0.29) is 12.4 Å². The monoisotopic (exact) mass is 222 g/mol. The lowest BCUT2D eigenvalue weighted by atomic mass is 10.2. The molecule has 88 valence electrons. The van der Waals surface area contributed by atoms with Crippen LogP contribution >= 0.6 is 12.4 Å². The number of unbranched alkanes of at least 4 members (excludes halogenated alkanes) is 4. The van der Waals surface area contributed by atoms with Crippen LogP contribution in [0.15, 0.2) is 0 Å². The summed E-state index contributed by atoms with van der Waals surface area (Å²) in [4.78, 5) is 0. The van der Waals surface area contributed by atoms with Crippen LogP contribution in [-0.4, -0.2) is 26.2 Å². The molecule has 1 aliphatic rings. The van der Waals surface area contributed by atoms with Crippen LogP contribution in [0.25, 0.3) is 0 Å². The average molecular weight is 223 g/mol. The lowest BCUT2D eigenvalue weighted by molar-refractivity contribution is 0.534. The maximum absolute atomic E-state index is 3.22. The Morgan fingerprint density at radius 1 is 0.714 bits per heavy atom. The third-order valence-electron chi connectivity index (χ3n) is 2.16. The average Bonchev–Trinajstić information content (AvgIpc) is 2.22. The van der Waals surface area contributed by atoms with E-state index in [4.69, 9.17) is 0 Å². The van der Waals surface area contributed by atoms with Gasteiger partial charge in [-0.25, -0.2) is 0 Å². The summed E-state index contributed by atoms with van der Waals surface area (Å²) in [6, 6.07) is 0. The fourth-order valence-electron chi connectivity index (χ4n) is 1.28. The van der Waals surface area contributed by atoms with Crippen LogP contribution in [0, 0.1) is 0 Å². The molecule has 0 aromatic carbocycles. The van der Waals surface area contributed by atoms with Gasteiger partial charge in [-0.15, -0.1) is 12.4 Å². The molecule has 0 radical (unpaired) electrons. The van der Waals surface area contributed by atoms with E-state index in [1.807, 2.05) is 0 Å². The van der Waals surface area contributed by atoms with Gasteiger partial charge in [0.05, 0.1) is 0 Å². The van der Waals surface area contributed by atoms with E-state index in [9.17, 15) is 0 Å². The SMILES string of the molecule is C1CNCCN1.CCCCCCC.Cl. The summed E-state index contributed by atoms with van der Waals surface area (Å²) in [6.07, 6.45) is 7.01. The Morgan fingerprint density at radius 2 is 1.07 bits per heavy atom. The van der Waals surface area contributed by atoms with E-state index < -0.39 is 0 Å². The van der Waals surface area contributed by atoms with E-state index in [1.54, 1.807) is 0 Å². The summed E-state index contributed by atoms with van der Waals surface area (Å²) >= 11 is 0. The Morgan fingerprint density at radius 3 is 1.29 bits per heavy atom. The number of halogens is 1. The van der Waals surface area contributed by atoms with Crippen LogP contribution in [0.3, 0.4) is 0 Å². The zero-order chi connectivity index (χ0) is 9.78. The van der Waals surface area contributed by atoms with E-state index >= 15 is 0 Å². The van der Waals surface area contributed by atoms with Crippen molar-refractivity contribution in [2.75, 3.05) is 26.2 Å². The Bertz CT molecular complexity index is 69.8. The van der Waals surface area contributed by atoms with Gasteiger partial charge in [0.15, 0.2) is 0 Å². The Kier molecular flexibility index (Phi) is 18.6. The number of hydrogen-bond donors (Lipinski definition) is 2. The van der Waals surface area contributed by atoms with Crippen LogP contribution in [0.2, 0.25) is 0 Å². The molecule has 2 nitrogen and oxygen atoms in total. The number of nitrogens with one attached hydrogen (secondary N) is 2. The summed E-state index contributed by atoms with van der Waals surface area (Å²) in [5, 5.41) is 6.44. The second-order valence-electron chi connectivity index (χ2n) is 3.56. The third-order valence-corrected chi connectivity index (χ3v) is 2.16. The lowest BCUT2D eigenvalue weighted by Gasteiger charge is -2.11. The van der Waals surface area contributed by atoms with Gasteiger partial charge in [0.25, 0.3) is 0 Å². The number of rotatable bonds is 4. The molecule has 0 saturated carbocycles. The molecule has 14 heavy (non-hydrogen) atoms. The van der Waals surface area contributed by atoms with Crippen molar-refractivity contribution in [3.8, 4) is 0 Å². The molecule has 0 amide bonds. The second kappa shape index (κ2) is 15.7. The smallest absolute Gasteiger partial charge is 0.00772 e. The van der Waals surface area contributed by atoms with Crippen LogP contribution in [0.4, 0.5) is 0 Å². The summed E-state index contributed by atoms with van der Waals surface area (Å²) in [7, 11) is 0. The standard InChI is InChI=1S/C7H16.C4H10N2.ClH/c1-3-5-7-6-4-2;1-2-6-4-3-5-1;/h3-7H2,1-2H3;5-6H,1-4H2;1H. The van der Waals surface area contributed by atoms with Gasteiger partial charge in [-0.05, 0) is 0 Å². The normalized spacial score (nSPS) is 15.0. The van der Waals surface area contributed by atoms with Gasteiger partial charge in [0.2, 0.25) is 0 Å². The van der Waals surface area contributed by atoms with Crippen molar-refractivity contribution in [3.63, 3.8) is 0 Å². The predicted octanol–water partition coefficient (Wildman–Crippen LogP) is 2.58. The molecule has 1 saturated heterocycles. The van der Waals surface area contributed by atoms with E-state index in [1.165, 1.54) is 32.1 Å². The molecule has 3 heteroatoms. The van der Waals surface area contributed by atoms with Crippen molar-refractivity contribution in [2.45, 2.75) is 46.0 Å². The molecule has 0 aromatic rings. The molecule has 0 spiro atoms. The van der Waals surface area contributed by atoms with E-state index in [0.717, 1.165) is 26.2 Å². The van der Waals surface area contributed by atoms with Gasteiger partial charge >= 0.3 is 0 Å². The molecule has 0 unspecified atom stereocenters. The highest BCUT2D eigenvalue weighted by Gasteiger charge is 1.91. The first kappa shape index (κ1) is 16.6. The zero-order valence-electron chi connectivity index (χ0n) is 9.77. The largest absolute Gasteiger partial charge is 0.314 e. The first-order chi connectivity index (χ1) is 6.41. The minimum atomic E-state index is 0. The predicted molar refractivity (Wildman–Crippen MR) is 67.4 cm³/mol. The van der Waals surface area contributed by atoms with Crippen molar-refractivity contribution in [1.29, 1.82) is 0 Å². The molecule has 0 bridgehead atoms. The Labute approximate surface area is 95.6 Å². The van der Waals surface area contributed by atoms with Crippen LogP contribution < -0.4 is 10.6 Å². The van der Waals surface area contributed by atoms with Gasteiger partial charge in [-0.2, -0.15) is 0 Å². The minimum Gasteiger partial charge on any atom is -0.314 e. The van der Waals surface area contributed by atoms with Crippen LogP contribution in [0.5, 0.6) is 0 Å². The molecule has 0 aromatic heterocycles. The highest BCUT2D eigenvalue weighted by Crippen LogP contribution is 2.00. The lowest BCUT2D eigenvalue weighted by Crippen LogP contribution is -2.39. The molecule has 0 aliphatic carbocycles. The van der Waals surface area contributed by atoms with Crippen molar-refractivity contribution >= 4 is 12.4 Å². The summed E-state index contributed by atoms with van der Waals surface area (Å²) < 4.78 is 0. The maximum Gasteiger partial charge on any atom is 0.00772 e. The van der Waals surface area contributed by atoms with Gasteiger partial charge in [-0.1, -0.05) is 46.0 Å². The molecule has 0 atom stereocenters. The van der Waals surface area contributed by atoms with E-state index in [2.05, 4.69) is 24.5 Å². The molecule has 1 aliphatic heterocycles. The molecule has 1 heterocycles. The third kappa shape index (κ3) is 14.7. The van der Waals surface area contributed by atoms with Gasteiger partial charge in [-0.3, -0.25) is 0 Å². The summed E-state index contributed by atoms with van der Waals surface area (Å²) in [5.74, 6) is 0. The fraction of sp³-hybridized carbons (Fsp3) is 1.00.